The second-order valence-electron chi connectivity index (χ2n) is 4.18. The number of methoxy groups -OCH3 is 1. The molecule has 0 fully saturated rings. The number of rotatable bonds is 5. The summed E-state index contributed by atoms with van der Waals surface area (Å²) < 4.78 is 7.91. The third-order valence-corrected chi connectivity index (χ3v) is 4.45. The van der Waals surface area contributed by atoms with E-state index in [-0.39, 0.29) is 5.91 Å². The molecule has 112 valence electrons. The fourth-order valence-electron chi connectivity index (χ4n) is 1.81. The molecule has 0 aliphatic heterocycles. The molecule has 0 atom stereocenters. The number of halogens is 2. The van der Waals surface area contributed by atoms with Gasteiger partial charge in [-0.05, 0) is 41.6 Å². The maximum atomic E-state index is 12.3. The molecular formula is C13H14ClIN4O2. The van der Waals surface area contributed by atoms with Crippen molar-refractivity contribution in [2.45, 2.75) is 20.0 Å². The van der Waals surface area contributed by atoms with Crippen molar-refractivity contribution in [2.24, 2.45) is 0 Å². The van der Waals surface area contributed by atoms with E-state index in [9.17, 15) is 4.79 Å². The average molecular weight is 421 g/mol. The summed E-state index contributed by atoms with van der Waals surface area (Å²) in [5.41, 5.74) is 0.394. The topological polar surface area (TPSA) is 69.0 Å². The lowest BCUT2D eigenvalue weighted by Gasteiger charge is -2.11. The standard InChI is InChI=1S/C13H14ClIN4O2/c1-3-19-7-17-18-12(19)6-16-13(20)8-4-9(14)10(15)5-11(8)21-2/h4-5,7H,3,6H2,1-2H3,(H,16,20). The van der Waals surface area contributed by atoms with Crippen LogP contribution in [0.3, 0.4) is 0 Å². The number of aryl methyl sites for hydroxylation is 1. The molecule has 8 heteroatoms. The highest BCUT2D eigenvalue weighted by Crippen LogP contribution is 2.28. The van der Waals surface area contributed by atoms with Crippen molar-refractivity contribution in [3.8, 4) is 5.75 Å². The summed E-state index contributed by atoms with van der Waals surface area (Å²) in [6, 6.07) is 3.33. The minimum Gasteiger partial charge on any atom is -0.496 e. The fraction of sp³-hybridized carbons (Fsp3) is 0.308. The maximum absolute atomic E-state index is 12.3. The number of hydrogen-bond donors (Lipinski definition) is 1. The molecule has 0 unspecified atom stereocenters. The normalized spacial score (nSPS) is 10.5. The number of nitrogens with one attached hydrogen (secondary N) is 1. The van der Waals surface area contributed by atoms with Gasteiger partial charge in [0.1, 0.15) is 12.1 Å². The van der Waals surface area contributed by atoms with Gasteiger partial charge in [0.05, 0.1) is 24.2 Å². The fourth-order valence-corrected chi connectivity index (χ4v) is 2.41. The minimum atomic E-state index is -0.268. The van der Waals surface area contributed by atoms with E-state index in [0.29, 0.717) is 28.7 Å². The van der Waals surface area contributed by atoms with Gasteiger partial charge in [0.2, 0.25) is 0 Å². The van der Waals surface area contributed by atoms with Crippen molar-refractivity contribution in [2.75, 3.05) is 7.11 Å². The van der Waals surface area contributed by atoms with Crippen LogP contribution in [0.2, 0.25) is 5.02 Å². The van der Waals surface area contributed by atoms with Crippen LogP contribution in [0.5, 0.6) is 5.75 Å². The Morgan fingerprint density at radius 1 is 1.52 bits per heavy atom. The van der Waals surface area contributed by atoms with Crippen LogP contribution in [-0.2, 0) is 13.1 Å². The molecule has 1 amide bonds. The molecule has 0 bridgehead atoms. The molecule has 1 heterocycles. The van der Waals surface area contributed by atoms with E-state index in [1.807, 2.05) is 11.5 Å². The smallest absolute Gasteiger partial charge is 0.255 e. The van der Waals surface area contributed by atoms with E-state index in [0.717, 1.165) is 10.1 Å². The van der Waals surface area contributed by atoms with E-state index in [4.69, 9.17) is 16.3 Å². The van der Waals surface area contributed by atoms with Gasteiger partial charge in [0.25, 0.3) is 5.91 Å². The van der Waals surface area contributed by atoms with Crippen LogP contribution in [0, 0.1) is 3.57 Å². The molecule has 1 aromatic carbocycles. The van der Waals surface area contributed by atoms with E-state index >= 15 is 0 Å². The number of amides is 1. The molecular weight excluding hydrogens is 407 g/mol. The van der Waals surface area contributed by atoms with Gasteiger partial charge in [-0.1, -0.05) is 11.6 Å². The van der Waals surface area contributed by atoms with E-state index in [1.165, 1.54) is 7.11 Å². The van der Waals surface area contributed by atoms with Crippen LogP contribution in [0.1, 0.15) is 23.1 Å². The Morgan fingerprint density at radius 3 is 2.95 bits per heavy atom. The molecule has 1 aromatic heterocycles. The molecule has 0 saturated heterocycles. The monoisotopic (exact) mass is 420 g/mol. The van der Waals surface area contributed by atoms with Gasteiger partial charge in [0, 0.05) is 10.1 Å². The van der Waals surface area contributed by atoms with E-state index in [2.05, 4.69) is 38.1 Å². The molecule has 0 spiro atoms. The summed E-state index contributed by atoms with van der Waals surface area (Å²) in [4.78, 5) is 12.3. The Hall–Kier alpha value is -1.35. The van der Waals surface area contributed by atoms with Gasteiger partial charge < -0.3 is 14.6 Å². The largest absolute Gasteiger partial charge is 0.496 e. The molecule has 2 aromatic rings. The molecule has 0 aliphatic carbocycles. The Morgan fingerprint density at radius 2 is 2.29 bits per heavy atom. The Kier molecular flexibility index (Phi) is 5.40. The molecule has 0 saturated carbocycles. The maximum Gasteiger partial charge on any atom is 0.255 e. The van der Waals surface area contributed by atoms with Gasteiger partial charge in [0.15, 0.2) is 5.82 Å². The van der Waals surface area contributed by atoms with E-state index in [1.54, 1.807) is 18.5 Å². The molecule has 6 nitrogen and oxygen atoms in total. The summed E-state index contributed by atoms with van der Waals surface area (Å²) >= 11 is 8.15. The Labute approximate surface area is 141 Å². The first kappa shape index (κ1) is 16.0. The Bertz CT molecular complexity index is 660. The number of hydrogen-bond acceptors (Lipinski definition) is 4. The quantitative estimate of drug-likeness (QED) is 0.755. The lowest BCUT2D eigenvalue weighted by atomic mass is 10.2. The van der Waals surface area contributed by atoms with Crippen molar-refractivity contribution in [1.29, 1.82) is 0 Å². The number of benzene rings is 1. The molecule has 21 heavy (non-hydrogen) atoms. The zero-order valence-electron chi connectivity index (χ0n) is 11.6. The zero-order chi connectivity index (χ0) is 15.4. The summed E-state index contributed by atoms with van der Waals surface area (Å²) in [5, 5.41) is 11.1. The Balaban J connectivity index is 2.15. The second-order valence-corrected chi connectivity index (χ2v) is 5.75. The molecule has 2 rings (SSSR count). The van der Waals surface area contributed by atoms with Crippen LogP contribution >= 0.6 is 34.2 Å². The first-order valence-corrected chi connectivity index (χ1v) is 7.70. The summed E-state index contributed by atoms with van der Waals surface area (Å²) in [7, 11) is 1.52. The summed E-state index contributed by atoms with van der Waals surface area (Å²) in [5.74, 6) is 0.912. The van der Waals surface area contributed by atoms with Crippen LogP contribution in [0.25, 0.3) is 0 Å². The zero-order valence-corrected chi connectivity index (χ0v) is 14.5. The molecule has 1 N–H and O–H groups in total. The van der Waals surface area contributed by atoms with Crippen molar-refractivity contribution in [3.63, 3.8) is 0 Å². The van der Waals surface area contributed by atoms with Gasteiger partial charge in [-0.2, -0.15) is 0 Å². The van der Waals surface area contributed by atoms with Gasteiger partial charge in [-0.3, -0.25) is 4.79 Å². The highest BCUT2D eigenvalue weighted by Gasteiger charge is 2.15. The van der Waals surface area contributed by atoms with Gasteiger partial charge >= 0.3 is 0 Å². The number of carbonyl (C=O) groups is 1. The van der Waals surface area contributed by atoms with Crippen LogP contribution < -0.4 is 10.1 Å². The SMILES string of the molecule is CCn1cnnc1CNC(=O)c1cc(Cl)c(I)cc1OC. The predicted octanol–water partition coefficient (Wildman–Crippen LogP) is 2.49. The second kappa shape index (κ2) is 7.08. The van der Waals surface area contributed by atoms with Crippen LogP contribution in [0.4, 0.5) is 0 Å². The predicted molar refractivity (Wildman–Crippen MR) is 87.6 cm³/mol. The number of carbonyl (C=O) groups excluding carboxylic acids is 1. The lowest BCUT2D eigenvalue weighted by molar-refractivity contribution is 0.0946. The third kappa shape index (κ3) is 3.65. The highest BCUT2D eigenvalue weighted by atomic mass is 127. The average Bonchev–Trinajstić information content (AvgIpc) is 2.94. The highest BCUT2D eigenvalue weighted by molar-refractivity contribution is 14.1. The van der Waals surface area contributed by atoms with Crippen molar-refractivity contribution < 1.29 is 9.53 Å². The number of aromatic nitrogens is 3. The van der Waals surface area contributed by atoms with Crippen molar-refractivity contribution in [3.05, 3.63) is 38.4 Å². The summed E-state index contributed by atoms with van der Waals surface area (Å²) in [6.45, 7) is 3.02. The van der Waals surface area contributed by atoms with Gasteiger partial charge in [-0.25, -0.2) is 0 Å². The number of ether oxygens (including phenoxy) is 1. The number of nitrogens with zero attached hydrogens (tertiary/aromatic N) is 3. The summed E-state index contributed by atoms with van der Waals surface area (Å²) in [6.07, 6.45) is 1.63. The first-order chi connectivity index (χ1) is 10.1. The minimum absolute atomic E-state index is 0.268. The lowest BCUT2D eigenvalue weighted by Crippen LogP contribution is -2.25. The third-order valence-electron chi connectivity index (χ3n) is 2.93. The van der Waals surface area contributed by atoms with Gasteiger partial charge in [-0.15, -0.1) is 10.2 Å². The van der Waals surface area contributed by atoms with Crippen LogP contribution in [-0.4, -0.2) is 27.8 Å². The first-order valence-electron chi connectivity index (χ1n) is 6.24. The van der Waals surface area contributed by atoms with Crippen molar-refractivity contribution in [1.82, 2.24) is 20.1 Å². The van der Waals surface area contributed by atoms with Crippen LogP contribution in [0.15, 0.2) is 18.5 Å². The van der Waals surface area contributed by atoms with E-state index < -0.39 is 0 Å². The molecule has 0 radical (unpaired) electrons. The molecule has 0 aliphatic rings. The van der Waals surface area contributed by atoms with Crippen molar-refractivity contribution >= 4 is 40.1 Å².